The highest BCUT2D eigenvalue weighted by Crippen LogP contribution is 2.26. The topological polar surface area (TPSA) is 82.4 Å². The number of aromatic nitrogens is 2. The lowest BCUT2D eigenvalue weighted by Gasteiger charge is -2.16. The first kappa shape index (κ1) is 21.1. The number of carbonyl (C=O) groups excluding carboxylic acids is 2. The number of hydrogen-bond acceptors (Lipinski definition) is 5. The van der Waals surface area contributed by atoms with Crippen LogP contribution in [0.2, 0.25) is 0 Å². The molecule has 0 radical (unpaired) electrons. The molecule has 2 aromatic carbocycles. The maximum absolute atomic E-state index is 12.8. The van der Waals surface area contributed by atoms with Gasteiger partial charge in [0.1, 0.15) is 11.3 Å². The zero-order chi connectivity index (χ0) is 21.8. The molecule has 156 valence electrons. The van der Waals surface area contributed by atoms with Gasteiger partial charge in [0.2, 0.25) is 0 Å². The van der Waals surface area contributed by atoms with Crippen molar-refractivity contribution in [1.82, 2.24) is 9.78 Å². The lowest BCUT2D eigenvalue weighted by atomic mass is 10.2. The molecule has 1 atom stereocenters. The van der Waals surface area contributed by atoms with Crippen LogP contribution in [0.5, 0.6) is 5.75 Å². The molecule has 7 nitrogen and oxygen atoms in total. The van der Waals surface area contributed by atoms with Crippen molar-refractivity contribution in [3.63, 3.8) is 0 Å². The second-order valence-corrected chi connectivity index (χ2v) is 7.03. The van der Waals surface area contributed by atoms with Crippen molar-refractivity contribution in [3.8, 4) is 11.4 Å². The first-order valence-electron chi connectivity index (χ1n) is 9.60. The Hall–Kier alpha value is -3.61. The van der Waals surface area contributed by atoms with E-state index in [4.69, 9.17) is 9.47 Å². The van der Waals surface area contributed by atoms with E-state index >= 15 is 0 Å². The fourth-order valence-electron chi connectivity index (χ4n) is 3.19. The van der Waals surface area contributed by atoms with Crippen LogP contribution in [-0.2, 0) is 9.53 Å². The van der Waals surface area contributed by atoms with Crippen LogP contribution in [0.1, 0.15) is 34.2 Å². The van der Waals surface area contributed by atoms with Gasteiger partial charge in [0.15, 0.2) is 6.10 Å². The molecule has 0 aliphatic heterocycles. The molecule has 0 bridgehead atoms. The molecule has 1 aromatic heterocycles. The zero-order valence-corrected chi connectivity index (χ0v) is 17.7. The fraction of sp³-hybridized carbons (Fsp3) is 0.261. The van der Waals surface area contributed by atoms with E-state index in [9.17, 15) is 9.59 Å². The van der Waals surface area contributed by atoms with E-state index in [0.717, 1.165) is 11.3 Å². The van der Waals surface area contributed by atoms with Crippen LogP contribution in [0, 0.1) is 20.8 Å². The number of rotatable bonds is 6. The van der Waals surface area contributed by atoms with E-state index in [1.54, 1.807) is 30.7 Å². The lowest BCUT2D eigenvalue weighted by Crippen LogP contribution is -2.30. The Morgan fingerprint density at radius 1 is 1.07 bits per heavy atom. The Balaban J connectivity index is 1.75. The average Bonchev–Trinajstić information content (AvgIpc) is 3.02. The summed E-state index contributed by atoms with van der Waals surface area (Å²) in [6, 6.07) is 15.0. The number of anilines is 1. The maximum Gasteiger partial charge on any atom is 0.342 e. The van der Waals surface area contributed by atoms with Gasteiger partial charge in [-0.05, 0) is 57.5 Å². The number of ether oxygens (including phenoxy) is 2. The molecule has 3 rings (SSSR count). The number of aryl methyl sites for hydroxylation is 2. The fourth-order valence-corrected chi connectivity index (χ4v) is 3.19. The Labute approximate surface area is 175 Å². The van der Waals surface area contributed by atoms with Crippen molar-refractivity contribution >= 4 is 17.6 Å². The highest BCUT2D eigenvalue weighted by molar-refractivity contribution is 5.99. The minimum Gasteiger partial charge on any atom is -0.495 e. The number of methoxy groups -OCH3 is 1. The SMILES string of the molecule is COc1ccc(C)cc1NC(=O)[C@H](C)OC(=O)c1c(C)nn(-c2ccccc2)c1C. The van der Waals surface area contributed by atoms with Gasteiger partial charge in [-0.2, -0.15) is 5.10 Å². The zero-order valence-electron chi connectivity index (χ0n) is 17.7. The average molecular weight is 407 g/mol. The van der Waals surface area contributed by atoms with Crippen molar-refractivity contribution in [2.24, 2.45) is 0 Å². The number of esters is 1. The predicted molar refractivity (Wildman–Crippen MR) is 114 cm³/mol. The van der Waals surface area contributed by atoms with Crippen LogP contribution in [0.3, 0.4) is 0 Å². The van der Waals surface area contributed by atoms with Gasteiger partial charge in [-0.1, -0.05) is 24.3 Å². The van der Waals surface area contributed by atoms with Crippen molar-refractivity contribution < 1.29 is 19.1 Å². The maximum atomic E-state index is 12.8. The molecule has 0 unspecified atom stereocenters. The molecule has 0 aliphatic rings. The molecular formula is C23H25N3O4. The summed E-state index contributed by atoms with van der Waals surface area (Å²) < 4.78 is 12.4. The first-order valence-corrected chi connectivity index (χ1v) is 9.60. The first-order chi connectivity index (χ1) is 14.3. The predicted octanol–water partition coefficient (Wildman–Crippen LogP) is 3.99. The van der Waals surface area contributed by atoms with Gasteiger partial charge in [-0.3, -0.25) is 4.79 Å². The number of nitrogens with one attached hydrogen (secondary N) is 1. The minimum absolute atomic E-state index is 0.353. The molecule has 1 heterocycles. The van der Waals surface area contributed by atoms with Crippen LogP contribution in [0.15, 0.2) is 48.5 Å². The molecular weight excluding hydrogens is 382 g/mol. The Morgan fingerprint density at radius 2 is 1.77 bits per heavy atom. The molecule has 0 spiro atoms. The van der Waals surface area contributed by atoms with E-state index in [2.05, 4.69) is 10.4 Å². The minimum atomic E-state index is -0.999. The van der Waals surface area contributed by atoms with E-state index in [1.807, 2.05) is 43.3 Å². The monoisotopic (exact) mass is 407 g/mol. The Morgan fingerprint density at radius 3 is 2.43 bits per heavy atom. The van der Waals surface area contributed by atoms with Gasteiger partial charge in [0, 0.05) is 0 Å². The number of carbonyl (C=O) groups is 2. The number of benzene rings is 2. The third kappa shape index (κ3) is 4.35. The molecule has 0 saturated heterocycles. The van der Waals surface area contributed by atoms with Crippen LogP contribution in [-0.4, -0.2) is 34.9 Å². The second kappa shape index (κ2) is 8.82. The van der Waals surface area contributed by atoms with Crippen molar-refractivity contribution in [3.05, 3.63) is 71.0 Å². The van der Waals surface area contributed by atoms with E-state index < -0.39 is 18.0 Å². The summed E-state index contributed by atoms with van der Waals surface area (Å²) in [6.45, 7) is 6.98. The standard InChI is InChI=1S/C23H25N3O4/c1-14-11-12-20(29-5)19(13-14)24-22(27)17(4)30-23(28)21-15(2)25-26(16(21)3)18-9-7-6-8-10-18/h6-13,17H,1-5H3,(H,24,27)/t17-/m0/s1. The van der Waals surface area contributed by atoms with Crippen molar-refractivity contribution in [2.45, 2.75) is 33.8 Å². The summed E-state index contributed by atoms with van der Waals surface area (Å²) in [5, 5.41) is 7.21. The largest absolute Gasteiger partial charge is 0.495 e. The quantitative estimate of drug-likeness (QED) is 0.625. The van der Waals surface area contributed by atoms with Gasteiger partial charge >= 0.3 is 5.97 Å². The third-order valence-electron chi connectivity index (χ3n) is 4.76. The van der Waals surface area contributed by atoms with Gasteiger partial charge in [-0.15, -0.1) is 0 Å². The van der Waals surface area contributed by atoms with E-state index in [1.165, 1.54) is 14.0 Å². The van der Waals surface area contributed by atoms with Crippen LogP contribution < -0.4 is 10.1 Å². The van der Waals surface area contributed by atoms with Crippen LogP contribution in [0.4, 0.5) is 5.69 Å². The van der Waals surface area contributed by atoms with Crippen LogP contribution >= 0.6 is 0 Å². The number of nitrogens with zero attached hydrogens (tertiary/aromatic N) is 2. The normalized spacial score (nSPS) is 11.6. The molecule has 7 heteroatoms. The number of hydrogen-bond donors (Lipinski definition) is 1. The van der Waals surface area contributed by atoms with E-state index in [-0.39, 0.29) is 0 Å². The summed E-state index contributed by atoms with van der Waals surface area (Å²) in [6.07, 6.45) is -0.999. The van der Waals surface area contributed by atoms with E-state index in [0.29, 0.717) is 28.4 Å². The van der Waals surface area contributed by atoms with Gasteiger partial charge < -0.3 is 14.8 Å². The second-order valence-electron chi connectivity index (χ2n) is 7.03. The molecule has 1 N–H and O–H groups in total. The molecule has 1 amide bonds. The summed E-state index contributed by atoms with van der Waals surface area (Å²) in [7, 11) is 1.53. The van der Waals surface area contributed by atoms with Crippen molar-refractivity contribution in [1.29, 1.82) is 0 Å². The summed E-state index contributed by atoms with van der Waals surface area (Å²) >= 11 is 0. The van der Waals surface area contributed by atoms with Gasteiger partial charge in [-0.25, -0.2) is 9.48 Å². The number of amides is 1. The smallest absolute Gasteiger partial charge is 0.342 e. The third-order valence-corrected chi connectivity index (χ3v) is 4.76. The molecule has 0 fully saturated rings. The highest BCUT2D eigenvalue weighted by atomic mass is 16.5. The molecule has 30 heavy (non-hydrogen) atoms. The van der Waals surface area contributed by atoms with Gasteiger partial charge in [0.05, 0.1) is 29.9 Å². The molecule has 3 aromatic rings. The highest BCUT2D eigenvalue weighted by Gasteiger charge is 2.25. The Bertz CT molecular complexity index is 1070. The summed E-state index contributed by atoms with van der Waals surface area (Å²) in [5.74, 6) is -0.507. The van der Waals surface area contributed by atoms with Gasteiger partial charge in [0.25, 0.3) is 5.91 Å². The molecule has 0 saturated carbocycles. The number of para-hydroxylation sites is 1. The summed E-state index contributed by atoms with van der Waals surface area (Å²) in [5.41, 5.74) is 3.87. The Kier molecular flexibility index (Phi) is 6.20. The van der Waals surface area contributed by atoms with Crippen LogP contribution in [0.25, 0.3) is 5.69 Å². The molecule has 0 aliphatic carbocycles. The van der Waals surface area contributed by atoms with Crippen molar-refractivity contribution in [2.75, 3.05) is 12.4 Å². The lowest BCUT2D eigenvalue weighted by molar-refractivity contribution is -0.123. The summed E-state index contributed by atoms with van der Waals surface area (Å²) in [4.78, 5) is 25.4.